The summed E-state index contributed by atoms with van der Waals surface area (Å²) in [6.07, 6.45) is -7.86. The second-order valence-corrected chi connectivity index (χ2v) is 14.4. The molecule has 7 rings (SSSR count). The minimum atomic E-state index is -4.61. The second kappa shape index (κ2) is 11.0. The normalized spacial score (nSPS) is 38.2. The molecule has 232 valence electrons. The van der Waals surface area contributed by atoms with E-state index < -0.39 is 76.6 Å². The summed E-state index contributed by atoms with van der Waals surface area (Å²) in [5, 5.41) is 0. The van der Waals surface area contributed by atoms with E-state index in [0.717, 1.165) is 6.33 Å². The summed E-state index contributed by atoms with van der Waals surface area (Å²) >= 11 is 5.13. The average Bonchev–Trinajstić information content (AvgIpc) is 3.73. The lowest BCUT2D eigenvalue weighted by Gasteiger charge is -2.27. The lowest BCUT2D eigenvalue weighted by atomic mass is 10.1. The Labute approximate surface area is 252 Å². The maximum absolute atomic E-state index is 16.0. The minimum Gasteiger partial charge on any atom is -0.397 e. The number of hydrogen-bond donors (Lipinski definition) is 3. The van der Waals surface area contributed by atoms with Crippen molar-refractivity contribution in [3.63, 3.8) is 0 Å². The van der Waals surface area contributed by atoms with E-state index in [2.05, 4.69) is 24.9 Å². The van der Waals surface area contributed by atoms with Crippen LogP contribution in [0.1, 0.15) is 12.5 Å². The molecule has 17 nitrogen and oxygen atoms in total. The monoisotopic (exact) mass is 671 g/mol. The fourth-order valence-electron chi connectivity index (χ4n) is 5.27. The summed E-state index contributed by atoms with van der Waals surface area (Å²) < 4.78 is 81.2. The summed E-state index contributed by atoms with van der Waals surface area (Å²) in [6.45, 7) is -5.64. The number of ether oxygens (including phenoxy) is 2. The van der Waals surface area contributed by atoms with Gasteiger partial charge in [0.2, 0.25) is 7.57 Å². The van der Waals surface area contributed by atoms with Crippen molar-refractivity contribution in [2.45, 2.75) is 49.2 Å². The molecule has 2 radical (unpaired) electrons. The van der Waals surface area contributed by atoms with Gasteiger partial charge in [-0.05, 0) is 17.9 Å². The largest absolute Gasteiger partial charge is 0.397 e. The lowest BCUT2D eigenvalue weighted by Crippen LogP contribution is -2.34. The summed E-state index contributed by atoms with van der Waals surface area (Å²) in [5.41, 5.74) is 12.9. The number of rotatable bonds is 2. The van der Waals surface area contributed by atoms with Gasteiger partial charge in [0.1, 0.15) is 41.8 Å². The number of anilines is 2. The number of halogens is 2. The van der Waals surface area contributed by atoms with E-state index in [4.69, 9.17) is 58.4 Å². The molecule has 5 N–H and O–H groups in total. The average molecular weight is 671 g/mol. The van der Waals surface area contributed by atoms with Gasteiger partial charge in [0.05, 0.1) is 31.6 Å². The molecule has 10 atom stereocenters. The first-order valence-electron chi connectivity index (χ1n) is 12.9. The number of nitrogens with two attached hydrogens (primary N) is 2. The van der Waals surface area contributed by atoms with Crippen LogP contribution in [0.25, 0.3) is 22.3 Å². The Kier molecular flexibility index (Phi) is 7.48. The molecule has 4 aromatic rings. The number of aromatic nitrogens is 7. The first-order chi connectivity index (χ1) is 20.9. The highest BCUT2D eigenvalue weighted by Gasteiger charge is 2.53. The van der Waals surface area contributed by atoms with Crippen LogP contribution in [-0.4, -0.2) is 96.5 Å². The van der Waals surface area contributed by atoms with Gasteiger partial charge in [-0.15, -0.1) is 0 Å². The summed E-state index contributed by atoms with van der Waals surface area (Å²) in [4.78, 5) is 31.3. The number of imidazole rings is 2. The van der Waals surface area contributed by atoms with E-state index in [1.54, 1.807) is 0 Å². The van der Waals surface area contributed by atoms with Crippen molar-refractivity contribution < 1.29 is 45.8 Å². The molecular formula is C21H22BF2N9O8P2S. The highest BCUT2D eigenvalue weighted by atomic mass is 32.5. The molecule has 0 spiro atoms. The lowest BCUT2D eigenvalue weighted by molar-refractivity contribution is -0.0580. The molecule has 0 aromatic carbocycles. The smallest absolute Gasteiger partial charge is 0.325 e. The number of hydrogen-bond acceptors (Lipinski definition) is 15. The molecule has 0 amide bonds. The third-order valence-electron chi connectivity index (χ3n) is 7.30. The van der Waals surface area contributed by atoms with Crippen molar-refractivity contribution in [2.24, 2.45) is 0 Å². The van der Waals surface area contributed by atoms with Gasteiger partial charge in [-0.1, -0.05) is 0 Å². The highest BCUT2D eigenvalue weighted by Crippen LogP contribution is 2.54. The fraction of sp³-hybridized carbons (Fsp3) is 0.476. The van der Waals surface area contributed by atoms with Crippen molar-refractivity contribution in [3.05, 3.63) is 31.2 Å². The molecule has 23 heteroatoms. The van der Waals surface area contributed by atoms with E-state index in [-0.39, 0.29) is 22.6 Å². The Morgan fingerprint density at radius 1 is 0.909 bits per heavy atom. The van der Waals surface area contributed by atoms with Crippen LogP contribution in [0, 0.1) is 0 Å². The van der Waals surface area contributed by atoms with Gasteiger partial charge in [0.15, 0.2) is 41.9 Å². The Balaban J connectivity index is 1.20. The van der Waals surface area contributed by atoms with Crippen LogP contribution in [0.5, 0.6) is 0 Å². The van der Waals surface area contributed by atoms with Crippen LogP contribution in [0.2, 0.25) is 0 Å². The van der Waals surface area contributed by atoms with E-state index in [9.17, 15) is 9.46 Å². The second-order valence-electron chi connectivity index (χ2n) is 10.1. The quantitative estimate of drug-likeness (QED) is 0.201. The summed E-state index contributed by atoms with van der Waals surface area (Å²) in [5.74, 6) is 0.0500. The predicted octanol–water partition coefficient (Wildman–Crippen LogP) is 1.22. The molecule has 3 aliphatic heterocycles. The van der Waals surface area contributed by atoms with Gasteiger partial charge in [0, 0.05) is 6.20 Å². The zero-order valence-electron chi connectivity index (χ0n) is 22.1. The van der Waals surface area contributed by atoms with Crippen LogP contribution in [0.15, 0.2) is 31.2 Å². The molecule has 3 aliphatic rings. The van der Waals surface area contributed by atoms with Gasteiger partial charge in [-0.3, -0.25) is 18.2 Å². The van der Waals surface area contributed by atoms with Crippen LogP contribution < -0.4 is 11.5 Å². The Morgan fingerprint density at radius 3 is 2.39 bits per heavy atom. The van der Waals surface area contributed by atoms with Crippen LogP contribution in [0.3, 0.4) is 0 Å². The molecule has 3 fully saturated rings. The van der Waals surface area contributed by atoms with E-state index in [0.29, 0.717) is 11.2 Å². The van der Waals surface area contributed by atoms with E-state index >= 15 is 8.78 Å². The van der Waals surface area contributed by atoms with Gasteiger partial charge < -0.3 is 39.4 Å². The maximum Gasteiger partial charge on any atom is 0.325 e. The van der Waals surface area contributed by atoms with Crippen molar-refractivity contribution >= 4 is 67.4 Å². The molecule has 0 saturated carbocycles. The number of nitrogen functional groups attached to an aromatic ring is 2. The van der Waals surface area contributed by atoms with Gasteiger partial charge in [-0.2, -0.15) is 0 Å². The van der Waals surface area contributed by atoms with Gasteiger partial charge in [0.25, 0.3) is 7.47 Å². The predicted molar refractivity (Wildman–Crippen MR) is 151 cm³/mol. The molecule has 2 unspecified atom stereocenters. The number of fused-ring (bicyclic) bond motifs is 5. The summed E-state index contributed by atoms with van der Waals surface area (Å²) in [7, 11) is 1.28. The summed E-state index contributed by atoms with van der Waals surface area (Å²) in [6, 6.07) is 1.52. The van der Waals surface area contributed by atoms with E-state index in [1.807, 2.05) is 0 Å². The number of nitrogens with zero attached hydrogens (tertiary/aromatic N) is 7. The standard InChI is InChI=1S/C21H22BF2N9O8P2S/c22-42(34)36-4-10-15(12(24)20(39-10)32-7-31-14-17(26)28-5-29-19(14)32)41-43(35,44)37-3-9-11(23)16(40-42)21(38-9)33-6-30-13-8(25)1-2-27-18(13)33/h1-2,5-7,9-12,15-16,20-21H,3-4H2,(H2,25,27)(H,35,44)(H2,26,28,29)/t9-,10-,11-,12-,15-,16-,20-,21-,42?,43?/m1/s1. The molecule has 44 heavy (non-hydrogen) atoms. The van der Waals surface area contributed by atoms with Crippen LogP contribution in [0.4, 0.5) is 20.3 Å². The molecule has 3 saturated heterocycles. The van der Waals surface area contributed by atoms with Gasteiger partial charge >= 0.3 is 6.72 Å². The molecule has 0 aliphatic carbocycles. The third-order valence-corrected chi connectivity index (χ3v) is 9.91. The van der Waals surface area contributed by atoms with Gasteiger partial charge in [-0.25, -0.2) is 33.7 Å². The van der Waals surface area contributed by atoms with Crippen molar-refractivity contribution in [1.29, 1.82) is 0 Å². The zero-order valence-corrected chi connectivity index (χ0v) is 24.8. The number of alkyl halides is 2. The topological polar surface area (TPSA) is 219 Å². The molecule has 2 bridgehead atoms. The first kappa shape index (κ1) is 30.0. The molecule has 4 aromatic heterocycles. The molecular weight excluding hydrogens is 649 g/mol. The third kappa shape index (κ3) is 5.20. The van der Waals surface area contributed by atoms with Crippen molar-refractivity contribution in [1.82, 2.24) is 34.1 Å². The highest BCUT2D eigenvalue weighted by molar-refractivity contribution is 8.07. The Bertz CT molecular complexity index is 1840. The van der Waals surface area contributed by atoms with Crippen molar-refractivity contribution in [3.8, 4) is 0 Å². The number of pyridine rings is 1. The van der Waals surface area contributed by atoms with Crippen LogP contribution >= 0.6 is 14.2 Å². The van der Waals surface area contributed by atoms with Crippen LogP contribution in [-0.2, 0) is 43.9 Å². The maximum atomic E-state index is 16.0. The first-order valence-corrected chi connectivity index (χ1v) is 17.1. The SMILES string of the molecule is [B]P1(=O)OC[C@H]2O[C@@H](n3cnc4c(N)ncnc43)[C@H](F)[C@@H]2OP(O)(=S)OC[C@H]2O[C@@H](n3cnc4c(N)ccnc43)[C@H](O1)[C@@H]2F. The van der Waals surface area contributed by atoms with E-state index in [1.165, 1.54) is 34.1 Å². The molecule has 7 heterocycles. The zero-order chi connectivity index (χ0) is 31.0. The minimum absolute atomic E-state index is 0.0500. The fourth-order valence-corrected chi connectivity index (χ4v) is 7.68. The Morgan fingerprint density at radius 2 is 1.59 bits per heavy atom. The Hall–Kier alpha value is -2.71. The van der Waals surface area contributed by atoms with Crippen molar-refractivity contribution in [2.75, 3.05) is 24.7 Å².